The fourth-order valence-electron chi connectivity index (χ4n) is 1.68. The molecule has 0 bridgehead atoms. The Morgan fingerprint density at radius 3 is 1.56 bits per heavy atom. The maximum atomic E-state index is 2.37. The van der Waals surface area contributed by atoms with Gasteiger partial charge in [-0.3, -0.25) is 0 Å². The van der Waals surface area contributed by atoms with Crippen LogP contribution in [-0.4, -0.2) is 51.9 Å². The van der Waals surface area contributed by atoms with E-state index in [1.165, 1.54) is 32.8 Å². The van der Waals surface area contributed by atoms with Gasteiger partial charge in [-0.15, -0.1) is 0 Å². The zero-order valence-corrected chi connectivity index (χ0v) is 15.4. The van der Waals surface area contributed by atoms with E-state index in [9.17, 15) is 0 Å². The van der Waals surface area contributed by atoms with Crippen LogP contribution in [0.4, 0.5) is 0 Å². The molecule has 0 aromatic heterocycles. The molecule has 1 aromatic carbocycles. The van der Waals surface area contributed by atoms with Crippen LogP contribution >= 0.6 is 23.5 Å². The Kier molecular flexibility index (Phi) is 5.50. The molecule has 2 heterocycles. The molecule has 2 fully saturated rings. The molecule has 0 saturated carbocycles. The van der Waals surface area contributed by atoms with Gasteiger partial charge >= 0.3 is 132 Å². The zero-order valence-electron chi connectivity index (χ0n) is 10.3. The van der Waals surface area contributed by atoms with Crippen LogP contribution in [0.15, 0.2) is 24.3 Å². The zero-order chi connectivity index (χ0) is 12.2. The minimum atomic E-state index is 0.836. The predicted molar refractivity (Wildman–Crippen MR) is 87.5 cm³/mol. The molecule has 2 aliphatic rings. The van der Waals surface area contributed by atoms with Crippen LogP contribution in [0, 0.1) is 0 Å². The first kappa shape index (κ1) is 13.9. The van der Waals surface area contributed by atoms with Gasteiger partial charge in [0.1, 0.15) is 0 Å². The molecular formula is C14H18S2Se2. The summed E-state index contributed by atoms with van der Waals surface area (Å²) in [6.07, 6.45) is 0. The van der Waals surface area contributed by atoms with Crippen LogP contribution in [0.25, 0.3) is 0 Å². The van der Waals surface area contributed by atoms with E-state index < -0.39 is 0 Å². The Labute approximate surface area is 131 Å². The fourth-order valence-corrected chi connectivity index (χ4v) is 9.15. The SMILES string of the molecule is c1cc(C[Se]CC2CS2)ccc1C[Se]CC1CS1. The van der Waals surface area contributed by atoms with Crippen molar-refractivity contribution in [2.45, 2.75) is 31.8 Å². The summed E-state index contributed by atoms with van der Waals surface area (Å²) in [6, 6.07) is 9.50. The molecule has 4 heteroatoms. The van der Waals surface area contributed by atoms with E-state index >= 15 is 0 Å². The van der Waals surface area contributed by atoms with Gasteiger partial charge in [-0.05, 0) is 0 Å². The van der Waals surface area contributed by atoms with Crippen molar-refractivity contribution in [3.05, 3.63) is 35.4 Å². The first-order chi connectivity index (χ1) is 8.90. The van der Waals surface area contributed by atoms with Gasteiger partial charge < -0.3 is 0 Å². The van der Waals surface area contributed by atoms with Gasteiger partial charge in [0.05, 0.1) is 0 Å². The Balaban J connectivity index is 1.36. The molecule has 1 aromatic rings. The van der Waals surface area contributed by atoms with E-state index in [0.29, 0.717) is 0 Å². The third kappa shape index (κ3) is 5.15. The van der Waals surface area contributed by atoms with E-state index in [1.807, 2.05) is 0 Å². The molecule has 98 valence electrons. The molecule has 2 unspecified atom stereocenters. The van der Waals surface area contributed by atoms with E-state index in [-0.39, 0.29) is 0 Å². The van der Waals surface area contributed by atoms with Gasteiger partial charge in [0.25, 0.3) is 0 Å². The molecule has 3 rings (SSSR count). The van der Waals surface area contributed by atoms with E-state index in [1.54, 1.807) is 11.1 Å². The minimum absolute atomic E-state index is 0.836. The van der Waals surface area contributed by atoms with Gasteiger partial charge in [0.15, 0.2) is 0 Å². The predicted octanol–water partition coefficient (Wildman–Crippen LogP) is 3.16. The van der Waals surface area contributed by atoms with E-state index in [2.05, 4.69) is 47.8 Å². The number of rotatable bonds is 8. The normalized spacial score (nSPS) is 25.1. The van der Waals surface area contributed by atoms with Crippen molar-refractivity contribution >= 4 is 53.4 Å². The Morgan fingerprint density at radius 1 is 0.833 bits per heavy atom. The molecule has 0 N–H and O–H groups in total. The molecule has 2 aliphatic heterocycles. The summed E-state index contributed by atoms with van der Waals surface area (Å²) in [7, 11) is 0. The summed E-state index contributed by atoms with van der Waals surface area (Å²) < 4.78 is 0. The van der Waals surface area contributed by atoms with Crippen molar-refractivity contribution in [1.29, 1.82) is 0 Å². The third-order valence-corrected chi connectivity index (χ3v) is 10.8. The Bertz CT molecular complexity index is 335. The second-order valence-electron chi connectivity index (χ2n) is 4.76. The molecule has 0 nitrogen and oxygen atoms in total. The van der Waals surface area contributed by atoms with Gasteiger partial charge in [-0.2, -0.15) is 0 Å². The number of benzene rings is 1. The Hall–Kier alpha value is 0.959. The van der Waals surface area contributed by atoms with Gasteiger partial charge in [-0.1, -0.05) is 0 Å². The second kappa shape index (κ2) is 7.11. The first-order valence-corrected chi connectivity index (χ1v) is 13.3. The third-order valence-electron chi connectivity index (χ3n) is 2.97. The van der Waals surface area contributed by atoms with Crippen LogP contribution < -0.4 is 0 Å². The molecule has 2 saturated heterocycles. The molecule has 2 atom stereocenters. The van der Waals surface area contributed by atoms with Crippen LogP contribution in [-0.2, 0) is 10.6 Å². The standard InChI is InChI=1S/C14H18S2Se2/c1-2-12(8-18-10-14-6-16-14)4-3-11(1)7-17-9-13-5-15-13/h1-4,13-14H,5-10H2. The van der Waals surface area contributed by atoms with Gasteiger partial charge in [0, 0.05) is 0 Å². The van der Waals surface area contributed by atoms with Crippen LogP contribution in [0.3, 0.4) is 0 Å². The van der Waals surface area contributed by atoms with Crippen molar-refractivity contribution in [2.24, 2.45) is 0 Å². The summed E-state index contributed by atoms with van der Waals surface area (Å²) in [5, 5.41) is 7.73. The summed E-state index contributed by atoms with van der Waals surface area (Å²) in [5.41, 5.74) is 3.13. The molecule has 0 radical (unpaired) electrons. The molecular weight excluding hydrogens is 390 g/mol. The topological polar surface area (TPSA) is 0 Å². The quantitative estimate of drug-likeness (QED) is 0.479. The summed E-state index contributed by atoms with van der Waals surface area (Å²) in [4.78, 5) is 0. The van der Waals surface area contributed by atoms with Gasteiger partial charge in [0.2, 0.25) is 0 Å². The van der Waals surface area contributed by atoms with E-state index in [0.717, 1.165) is 40.4 Å². The average molecular weight is 408 g/mol. The van der Waals surface area contributed by atoms with Crippen LogP contribution in [0.2, 0.25) is 10.6 Å². The average Bonchev–Trinajstić information content (AvgIpc) is 3.25. The van der Waals surface area contributed by atoms with Crippen molar-refractivity contribution in [3.63, 3.8) is 0 Å². The van der Waals surface area contributed by atoms with E-state index in [4.69, 9.17) is 0 Å². The van der Waals surface area contributed by atoms with Crippen molar-refractivity contribution in [3.8, 4) is 0 Å². The van der Waals surface area contributed by atoms with Crippen molar-refractivity contribution in [2.75, 3.05) is 11.5 Å². The second-order valence-corrected chi connectivity index (χ2v) is 11.7. The van der Waals surface area contributed by atoms with Crippen molar-refractivity contribution < 1.29 is 0 Å². The van der Waals surface area contributed by atoms with Crippen LogP contribution in [0.1, 0.15) is 11.1 Å². The maximum absolute atomic E-state index is 2.37. The van der Waals surface area contributed by atoms with Crippen LogP contribution in [0.5, 0.6) is 0 Å². The number of thioether (sulfide) groups is 2. The molecule has 0 spiro atoms. The summed E-state index contributed by atoms with van der Waals surface area (Å²) in [5.74, 6) is 2.87. The summed E-state index contributed by atoms with van der Waals surface area (Å²) >= 11 is 5.95. The molecule has 18 heavy (non-hydrogen) atoms. The summed E-state index contributed by atoms with van der Waals surface area (Å²) in [6.45, 7) is 0. The molecule has 0 aliphatic carbocycles. The molecule has 0 amide bonds. The Morgan fingerprint density at radius 2 is 1.22 bits per heavy atom. The fraction of sp³-hybridized carbons (Fsp3) is 0.571. The first-order valence-electron chi connectivity index (χ1n) is 6.36. The number of hydrogen-bond acceptors (Lipinski definition) is 2. The number of hydrogen-bond donors (Lipinski definition) is 0. The van der Waals surface area contributed by atoms with Gasteiger partial charge in [-0.25, -0.2) is 0 Å². The van der Waals surface area contributed by atoms with Crippen molar-refractivity contribution in [1.82, 2.24) is 0 Å². The monoisotopic (exact) mass is 410 g/mol.